The fourth-order valence-electron chi connectivity index (χ4n) is 2.41. The molecule has 3 heteroatoms. The van der Waals surface area contributed by atoms with Crippen LogP contribution in [0.25, 0.3) is 0 Å². The van der Waals surface area contributed by atoms with Gasteiger partial charge in [0.15, 0.2) is 0 Å². The summed E-state index contributed by atoms with van der Waals surface area (Å²) < 4.78 is 0. The molecule has 0 aromatic carbocycles. The van der Waals surface area contributed by atoms with E-state index in [4.69, 9.17) is 0 Å². The van der Waals surface area contributed by atoms with Crippen LogP contribution in [0.2, 0.25) is 0 Å². The maximum absolute atomic E-state index is 10.1. The fraction of sp³-hybridized carbons (Fsp3) is 0.733. The van der Waals surface area contributed by atoms with Crippen LogP contribution in [-0.4, -0.2) is 33.1 Å². The van der Waals surface area contributed by atoms with Crippen molar-refractivity contribution in [2.45, 2.75) is 63.8 Å². The zero-order valence-electron chi connectivity index (χ0n) is 11.5. The zero-order chi connectivity index (χ0) is 13.9. The first kappa shape index (κ1) is 15.4. The molecule has 18 heavy (non-hydrogen) atoms. The van der Waals surface area contributed by atoms with Crippen molar-refractivity contribution in [3.05, 3.63) is 24.3 Å². The third-order valence-electron chi connectivity index (χ3n) is 4.00. The summed E-state index contributed by atoms with van der Waals surface area (Å²) in [4.78, 5) is 0. The average molecular weight is 254 g/mol. The highest BCUT2D eigenvalue weighted by molar-refractivity contribution is 5.09. The maximum atomic E-state index is 10.1. The Morgan fingerprint density at radius 3 is 2.06 bits per heavy atom. The Bertz CT molecular complexity index is 314. The summed E-state index contributed by atoms with van der Waals surface area (Å²) in [5.74, 6) is -0.0219. The molecule has 1 rings (SSSR count). The minimum atomic E-state index is -0.842. The van der Waals surface area contributed by atoms with E-state index in [1.54, 1.807) is 13.8 Å². The predicted molar refractivity (Wildman–Crippen MR) is 73.2 cm³/mol. The summed E-state index contributed by atoms with van der Waals surface area (Å²) in [6.07, 6.45) is 1.97. The van der Waals surface area contributed by atoms with Crippen LogP contribution in [-0.2, 0) is 0 Å². The van der Waals surface area contributed by atoms with Crippen LogP contribution in [0.1, 0.15) is 46.0 Å². The molecule has 1 aliphatic carbocycles. The smallest absolute Gasteiger partial charge is 0.0751 e. The van der Waals surface area contributed by atoms with Gasteiger partial charge >= 0.3 is 0 Å². The Balaban J connectivity index is 2.82. The van der Waals surface area contributed by atoms with Crippen LogP contribution in [0, 0.1) is 5.92 Å². The molecular weight excluding hydrogens is 228 g/mol. The van der Waals surface area contributed by atoms with E-state index in [0.29, 0.717) is 25.7 Å². The van der Waals surface area contributed by atoms with Gasteiger partial charge in [-0.05, 0) is 63.0 Å². The number of aliphatic hydroxyl groups excluding tert-OH is 2. The van der Waals surface area contributed by atoms with E-state index < -0.39 is 17.8 Å². The molecule has 0 heterocycles. The van der Waals surface area contributed by atoms with Crippen molar-refractivity contribution in [3.8, 4) is 0 Å². The molecule has 0 amide bonds. The average Bonchev–Trinajstić information content (AvgIpc) is 2.27. The molecule has 0 spiro atoms. The maximum Gasteiger partial charge on any atom is 0.0751 e. The molecule has 0 bridgehead atoms. The highest BCUT2D eigenvalue weighted by Gasteiger charge is 2.30. The molecule has 0 unspecified atom stereocenters. The highest BCUT2D eigenvalue weighted by atomic mass is 16.3. The van der Waals surface area contributed by atoms with Gasteiger partial charge in [-0.1, -0.05) is 13.2 Å². The number of hydrogen-bond donors (Lipinski definition) is 3. The molecule has 0 aromatic rings. The second-order valence-corrected chi connectivity index (χ2v) is 6.01. The topological polar surface area (TPSA) is 60.7 Å². The van der Waals surface area contributed by atoms with Gasteiger partial charge in [-0.15, -0.1) is 0 Å². The molecule has 1 saturated carbocycles. The summed E-state index contributed by atoms with van der Waals surface area (Å²) >= 11 is 0. The predicted octanol–water partition coefficient (Wildman–Crippen LogP) is 2.17. The van der Waals surface area contributed by atoms with Crippen molar-refractivity contribution in [3.63, 3.8) is 0 Å². The first-order chi connectivity index (χ1) is 8.21. The summed E-state index contributed by atoms with van der Waals surface area (Å²) in [7, 11) is 0. The molecule has 0 saturated heterocycles. The molecule has 1 fully saturated rings. The lowest BCUT2D eigenvalue weighted by molar-refractivity contribution is -0.00785. The number of aliphatic hydroxyl groups is 3. The Kier molecular flexibility index (Phi) is 5.14. The summed E-state index contributed by atoms with van der Waals surface area (Å²) in [6, 6.07) is 0. The Morgan fingerprint density at radius 1 is 1.00 bits per heavy atom. The van der Waals surface area contributed by atoms with E-state index in [1.165, 1.54) is 0 Å². The molecular formula is C15H26O3. The Morgan fingerprint density at radius 2 is 1.50 bits per heavy atom. The zero-order valence-corrected chi connectivity index (χ0v) is 11.5. The monoisotopic (exact) mass is 254 g/mol. The lowest BCUT2D eigenvalue weighted by Gasteiger charge is -2.33. The second-order valence-electron chi connectivity index (χ2n) is 6.01. The van der Waals surface area contributed by atoms with Crippen molar-refractivity contribution >= 4 is 0 Å². The third-order valence-corrected chi connectivity index (χ3v) is 4.00. The highest BCUT2D eigenvalue weighted by Crippen LogP contribution is 2.32. The van der Waals surface area contributed by atoms with Crippen molar-refractivity contribution in [2.75, 3.05) is 0 Å². The fourth-order valence-corrected chi connectivity index (χ4v) is 2.41. The van der Waals surface area contributed by atoms with E-state index in [0.717, 1.165) is 17.6 Å². The van der Waals surface area contributed by atoms with E-state index in [1.807, 2.05) is 0 Å². The van der Waals surface area contributed by atoms with Crippen LogP contribution in [0.3, 0.4) is 0 Å². The molecule has 1 aliphatic rings. The van der Waals surface area contributed by atoms with Crippen LogP contribution in [0.15, 0.2) is 24.3 Å². The third kappa shape index (κ3) is 4.23. The summed E-state index contributed by atoms with van der Waals surface area (Å²) in [5.41, 5.74) is 0.706. The molecule has 3 N–H and O–H groups in total. The first-order valence-electron chi connectivity index (χ1n) is 6.65. The van der Waals surface area contributed by atoms with E-state index in [9.17, 15) is 15.3 Å². The number of hydrogen-bond acceptors (Lipinski definition) is 3. The van der Waals surface area contributed by atoms with Gasteiger partial charge in [-0.25, -0.2) is 0 Å². The van der Waals surface area contributed by atoms with Crippen molar-refractivity contribution in [1.82, 2.24) is 0 Å². The van der Waals surface area contributed by atoms with Crippen LogP contribution < -0.4 is 0 Å². The van der Waals surface area contributed by atoms with E-state index in [-0.39, 0.29) is 5.92 Å². The molecule has 0 aliphatic heterocycles. The SMILES string of the molecule is C=C1CC[C@@H](C(C)(C)O)C[C@H](O)C(=C)CC[C@@H]1O. The normalized spacial score (nSPS) is 32.4. The van der Waals surface area contributed by atoms with Gasteiger partial charge in [0.05, 0.1) is 17.8 Å². The molecule has 3 nitrogen and oxygen atoms in total. The van der Waals surface area contributed by atoms with Crippen molar-refractivity contribution in [2.24, 2.45) is 5.92 Å². The molecule has 3 atom stereocenters. The lowest BCUT2D eigenvalue weighted by Crippen LogP contribution is -2.35. The van der Waals surface area contributed by atoms with Gasteiger partial charge in [0.25, 0.3) is 0 Å². The van der Waals surface area contributed by atoms with Gasteiger partial charge < -0.3 is 15.3 Å². The summed E-state index contributed by atoms with van der Waals surface area (Å²) in [6.45, 7) is 11.3. The van der Waals surface area contributed by atoms with Crippen molar-refractivity contribution in [1.29, 1.82) is 0 Å². The standard InChI is InChI=1S/C15H26O3/c1-10-5-7-12(15(3,4)18)9-14(17)11(2)6-8-13(10)16/h12-14,16-18H,1-2,5-9H2,3-4H3/t12-,13+,14+/m1/s1. The van der Waals surface area contributed by atoms with Crippen LogP contribution in [0.5, 0.6) is 0 Å². The van der Waals surface area contributed by atoms with Gasteiger partial charge in [-0.2, -0.15) is 0 Å². The summed E-state index contributed by atoms with van der Waals surface area (Å²) in [5, 5.41) is 30.1. The quantitative estimate of drug-likeness (QED) is 0.628. The van der Waals surface area contributed by atoms with E-state index in [2.05, 4.69) is 13.2 Å². The first-order valence-corrected chi connectivity index (χ1v) is 6.65. The van der Waals surface area contributed by atoms with Crippen LogP contribution >= 0.6 is 0 Å². The molecule has 104 valence electrons. The Hall–Kier alpha value is -0.640. The minimum Gasteiger partial charge on any atom is -0.390 e. The Labute approximate surface area is 110 Å². The van der Waals surface area contributed by atoms with Gasteiger partial charge in [0.2, 0.25) is 0 Å². The molecule has 0 radical (unpaired) electrons. The van der Waals surface area contributed by atoms with Gasteiger partial charge in [0.1, 0.15) is 0 Å². The van der Waals surface area contributed by atoms with Crippen LogP contribution in [0.4, 0.5) is 0 Å². The van der Waals surface area contributed by atoms with E-state index >= 15 is 0 Å². The molecule has 0 aromatic heterocycles. The second kappa shape index (κ2) is 6.00. The lowest BCUT2D eigenvalue weighted by atomic mass is 9.79. The largest absolute Gasteiger partial charge is 0.390 e. The van der Waals surface area contributed by atoms with Gasteiger partial charge in [-0.3, -0.25) is 0 Å². The van der Waals surface area contributed by atoms with Gasteiger partial charge in [0, 0.05) is 0 Å². The minimum absolute atomic E-state index is 0.0219. The number of rotatable bonds is 1. The van der Waals surface area contributed by atoms with Crippen molar-refractivity contribution < 1.29 is 15.3 Å².